The van der Waals surface area contributed by atoms with E-state index in [4.69, 9.17) is 0 Å². The molecule has 1 saturated heterocycles. The van der Waals surface area contributed by atoms with Crippen LogP contribution in [-0.2, 0) is 14.8 Å². The SMILES string of the molecule is CC[C@H](C)c1ccc(NC(=O)C[NH+]2CCN(S(=O)(=O)c3cccs3)CC2)cc1. The van der Waals surface area contributed by atoms with Gasteiger partial charge < -0.3 is 10.2 Å². The average molecular weight is 423 g/mol. The normalized spacial score (nSPS) is 17.4. The van der Waals surface area contributed by atoms with Crippen LogP contribution in [0.3, 0.4) is 0 Å². The fourth-order valence-electron chi connectivity index (χ4n) is 3.32. The number of nitrogens with one attached hydrogen (secondary N) is 2. The van der Waals surface area contributed by atoms with E-state index in [0.29, 0.717) is 42.9 Å². The van der Waals surface area contributed by atoms with Crippen LogP contribution in [0.1, 0.15) is 31.7 Å². The van der Waals surface area contributed by atoms with Crippen LogP contribution in [0.5, 0.6) is 0 Å². The fraction of sp³-hybridized carbons (Fsp3) is 0.450. The summed E-state index contributed by atoms with van der Waals surface area (Å²) in [6, 6.07) is 11.4. The maximum absolute atomic E-state index is 12.6. The molecule has 1 aliphatic rings. The van der Waals surface area contributed by atoms with Gasteiger partial charge in [0.15, 0.2) is 6.54 Å². The summed E-state index contributed by atoms with van der Waals surface area (Å²) in [5.41, 5.74) is 2.07. The highest BCUT2D eigenvalue weighted by Gasteiger charge is 2.31. The van der Waals surface area contributed by atoms with Gasteiger partial charge in [0.1, 0.15) is 4.21 Å². The predicted octanol–water partition coefficient (Wildman–Crippen LogP) is 1.79. The van der Waals surface area contributed by atoms with Crippen molar-refractivity contribution in [3.63, 3.8) is 0 Å². The van der Waals surface area contributed by atoms with E-state index in [2.05, 4.69) is 31.3 Å². The van der Waals surface area contributed by atoms with Gasteiger partial charge in [0.05, 0.1) is 26.2 Å². The first kappa shape index (κ1) is 21.0. The van der Waals surface area contributed by atoms with E-state index >= 15 is 0 Å². The zero-order chi connectivity index (χ0) is 20.1. The Morgan fingerprint density at radius 1 is 1.21 bits per heavy atom. The Morgan fingerprint density at radius 2 is 1.89 bits per heavy atom. The summed E-state index contributed by atoms with van der Waals surface area (Å²) in [4.78, 5) is 13.5. The number of nitrogens with zero attached hydrogens (tertiary/aromatic N) is 1. The molecular formula is C20H28N3O3S2+. The molecule has 0 radical (unpaired) electrons. The first-order valence-electron chi connectivity index (χ1n) is 9.67. The van der Waals surface area contributed by atoms with Crippen LogP contribution in [-0.4, -0.2) is 51.4 Å². The molecule has 2 aromatic rings. The molecular weight excluding hydrogens is 394 g/mol. The second kappa shape index (κ2) is 9.17. The van der Waals surface area contributed by atoms with Crippen molar-refractivity contribution in [2.45, 2.75) is 30.4 Å². The number of anilines is 1. The number of hydrogen-bond donors (Lipinski definition) is 2. The van der Waals surface area contributed by atoms with Crippen molar-refractivity contribution in [3.05, 3.63) is 47.3 Å². The Morgan fingerprint density at radius 3 is 2.46 bits per heavy atom. The summed E-state index contributed by atoms with van der Waals surface area (Å²) in [6.45, 7) is 6.83. The number of piperazine rings is 1. The van der Waals surface area contributed by atoms with Crippen LogP contribution in [0.15, 0.2) is 46.0 Å². The molecule has 0 saturated carbocycles. The van der Waals surface area contributed by atoms with E-state index in [1.807, 2.05) is 12.1 Å². The van der Waals surface area contributed by atoms with Crippen molar-refractivity contribution in [2.75, 3.05) is 38.0 Å². The molecule has 8 heteroatoms. The van der Waals surface area contributed by atoms with Gasteiger partial charge in [0.25, 0.3) is 15.9 Å². The molecule has 1 aromatic heterocycles. The molecule has 0 bridgehead atoms. The van der Waals surface area contributed by atoms with Crippen LogP contribution in [0.2, 0.25) is 0 Å². The van der Waals surface area contributed by atoms with Crippen molar-refractivity contribution in [1.82, 2.24) is 4.31 Å². The maximum Gasteiger partial charge on any atom is 0.279 e. The molecule has 1 fully saturated rings. The summed E-state index contributed by atoms with van der Waals surface area (Å²) < 4.78 is 27.0. The monoisotopic (exact) mass is 422 g/mol. The van der Waals surface area contributed by atoms with Gasteiger partial charge in [-0.2, -0.15) is 4.31 Å². The van der Waals surface area contributed by atoms with E-state index in [9.17, 15) is 13.2 Å². The van der Waals surface area contributed by atoms with E-state index in [1.165, 1.54) is 21.2 Å². The summed E-state index contributed by atoms with van der Waals surface area (Å²) in [5, 5.41) is 4.72. The van der Waals surface area contributed by atoms with E-state index in [1.54, 1.807) is 17.5 Å². The van der Waals surface area contributed by atoms with Gasteiger partial charge in [-0.05, 0) is 41.5 Å². The van der Waals surface area contributed by atoms with Crippen LogP contribution in [0.4, 0.5) is 5.69 Å². The van der Waals surface area contributed by atoms with Crippen molar-refractivity contribution >= 4 is 33.0 Å². The molecule has 2 N–H and O–H groups in total. The average Bonchev–Trinajstić information content (AvgIpc) is 3.24. The Bertz CT molecular complexity index is 872. The number of quaternary nitrogens is 1. The first-order valence-corrected chi connectivity index (χ1v) is 12.0. The van der Waals surface area contributed by atoms with Crippen LogP contribution >= 0.6 is 11.3 Å². The predicted molar refractivity (Wildman–Crippen MR) is 112 cm³/mol. The van der Waals surface area contributed by atoms with Crippen molar-refractivity contribution in [2.24, 2.45) is 0 Å². The van der Waals surface area contributed by atoms with Crippen LogP contribution < -0.4 is 10.2 Å². The van der Waals surface area contributed by atoms with E-state index in [-0.39, 0.29) is 5.91 Å². The van der Waals surface area contributed by atoms with Gasteiger partial charge in [-0.1, -0.05) is 32.0 Å². The highest BCUT2D eigenvalue weighted by atomic mass is 32.2. The third kappa shape index (κ3) is 5.00. The minimum absolute atomic E-state index is 0.0409. The molecule has 1 amide bonds. The van der Waals surface area contributed by atoms with Gasteiger partial charge in [0, 0.05) is 5.69 Å². The standard InChI is InChI=1S/C20H27N3O3S2/c1-3-16(2)17-6-8-18(9-7-17)21-19(24)15-22-10-12-23(13-11-22)28(25,26)20-5-4-14-27-20/h4-9,14,16H,3,10-13,15H2,1-2H3,(H,21,24)/p+1/t16-/m0/s1. The summed E-state index contributed by atoms with van der Waals surface area (Å²) in [7, 11) is -3.39. The number of hydrogen-bond acceptors (Lipinski definition) is 4. The molecule has 0 unspecified atom stereocenters. The summed E-state index contributed by atoms with van der Waals surface area (Å²) >= 11 is 1.24. The molecule has 152 valence electrons. The highest BCUT2D eigenvalue weighted by molar-refractivity contribution is 7.91. The minimum Gasteiger partial charge on any atom is -0.325 e. The number of thiophene rings is 1. The number of sulfonamides is 1. The molecule has 3 rings (SSSR count). The third-order valence-corrected chi connectivity index (χ3v) is 8.58. The number of rotatable bonds is 7. The number of carbonyl (C=O) groups excluding carboxylic acids is 1. The van der Waals surface area contributed by atoms with E-state index < -0.39 is 10.0 Å². The zero-order valence-corrected chi connectivity index (χ0v) is 18.0. The number of amides is 1. The molecule has 1 aromatic carbocycles. The quantitative estimate of drug-likeness (QED) is 0.715. The lowest BCUT2D eigenvalue weighted by Crippen LogP contribution is -3.15. The summed E-state index contributed by atoms with van der Waals surface area (Å²) in [6.07, 6.45) is 1.09. The third-order valence-electron chi connectivity index (χ3n) is 5.31. The Balaban J connectivity index is 1.49. The molecule has 1 aliphatic heterocycles. The smallest absolute Gasteiger partial charge is 0.279 e. The molecule has 6 nitrogen and oxygen atoms in total. The second-order valence-corrected chi connectivity index (χ2v) is 10.4. The maximum atomic E-state index is 12.6. The molecule has 28 heavy (non-hydrogen) atoms. The topological polar surface area (TPSA) is 70.9 Å². The summed E-state index contributed by atoms with van der Waals surface area (Å²) in [5.74, 6) is 0.469. The van der Waals surface area contributed by atoms with Crippen molar-refractivity contribution in [3.8, 4) is 0 Å². The lowest BCUT2D eigenvalue weighted by atomic mass is 9.99. The number of benzene rings is 1. The highest BCUT2D eigenvalue weighted by Crippen LogP contribution is 2.21. The molecule has 0 spiro atoms. The molecule has 1 atom stereocenters. The number of carbonyl (C=O) groups is 1. The Labute approximate surface area is 171 Å². The Kier molecular flexibility index (Phi) is 6.87. The minimum atomic E-state index is -3.39. The van der Waals surface area contributed by atoms with Crippen LogP contribution in [0, 0.1) is 0 Å². The van der Waals surface area contributed by atoms with Gasteiger partial charge in [-0.25, -0.2) is 8.42 Å². The van der Waals surface area contributed by atoms with Gasteiger partial charge in [-0.3, -0.25) is 4.79 Å². The first-order chi connectivity index (χ1) is 13.4. The largest absolute Gasteiger partial charge is 0.325 e. The lowest BCUT2D eigenvalue weighted by Gasteiger charge is -2.30. The van der Waals surface area contributed by atoms with Crippen LogP contribution in [0.25, 0.3) is 0 Å². The molecule has 2 heterocycles. The van der Waals surface area contributed by atoms with Crippen molar-refractivity contribution in [1.29, 1.82) is 0 Å². The molecule has 0 aliphatic carbocycles. The van der Waals surface area contributed by atoms with E-state index in [0.717, 1.165) is 17.0 Å². The lowest BCUT2D eigenvalue weighted by molar-refractivity contribution is -0.895. The van der Waals surface area contributed by atoms with Gasteiger partial charge in [-0.15, -0.1) is 11.3 Å². The second-order valence-electron chi connectivity index (χ2n) is 7.24. The van der Waals surface area contributed by atoms with Crippen molar-refractivity contribution < 1.29 is 18.1 Å². The van der Waals surface area contributed by atoms with Gasteiger partial charge >= 0.3 is 0 Å². The Hall–Kier alpha value is -1.74. The fourth-order valence-corrected chi connectivity index (χ4v) is 5.91. The van der Waals surface area contributed by atoms with Gasteiger partial charge in [0.2, 0.25) is 0 Å². The zero-order valence-electron chi connectivity index (χ0n) is 16.3.